The lowest BCUT2D eigenvalue weighted by molar-refractivity contribution is -0.384. The van der Waals surface area contributed by atoms with Gasteiger partial charge >= 0.3 is 5.97 Å². The molecule has 1 heterocycles. The smallest absolute Gasteiger partial charge is 0.357 e. The monoisotopic (exact) mass is 366 g/mol. The van der Waals surface area contributed by atoms with Gasteiger partial charge in [-0.1, -0.05) is 0 Å². The fourth-order valence-electron chi connectivity index (χ4n) is 2.17. The van der Waals surface area contributed by atoms with Crippen molar-refractivity contribution < 1.29 is 28.0 Å². The van der Waals surface area contributed by atoms with Crippen LogP contribution < -0.4 is 10.5 Å². The first-order valence-electron chi connectivity index (χ1n) is 6.98. The molecule has 0 saturated heterocycles. The Kier molecular flexibility index (Phi) is 5.36. The van der Waals surface area contributed by atoms with Gasteiger partial charge in [0.2, 0.25) is 0 Å². The van der Waals surface area contributed by atoms with Gasteiger partial charge in [0.1, 0.15) is 18.4 Å². The van der Waals surface area contributed by atoms with Gasteiger partial charge < -0.3 is 19.8 Å². The Bertz CT molecular complexity index is 904. The minimum atomic E-state index is -2.78. The maximum Gasteiger partial charge on any atom is 0.357 e. The van der Waals surface area contributed by atoms with E-state index in [1.54, 1.807) is 6.07 Å². The number of alkyl halides is 2. The molecule has 0 atom stereocenters. The van der Waals surface area contributed by atoms with E-state index < -0.39 is 29.6 Å². The topological polar surface area (TPSA) is 133 Å². The molecule has 2 rings (SSSR count). The summed E-state index contributed by atoms with van der Waals surface area (Å²) in [4.78, 5) is 22.3. The Labute approximate surface area is 145 Å². The number of anilines is 1. The second kappa shape index (κ2) is 7.47. The summed E-state index contributed by atoms with van der Waals surface area (Å²) in [7, 11) is 1.09. The second-order valence-electron chi connectivity index (χ2n) is 4.92. The number of non-ortho nitro benzene ring substituents is 1. The molecule has 1 aromatic carbocycles. The summed E-state index contributed by atoms with van der Waals surface area (Å²) < 4.78 is 35.2. The SMILES string of the molecule is COC(=O)c1c(N)c(C#N)cn1-c1cc(OCC(F)F)cc([N+](=O)[O-])c1. The predicted molar refractivity (Wildman–Crippen MR) is 84.4 cm³/mol. The highest BCUT2D eigenvalue weighted by Gasteiger charge is 2.23. The normalized spacial score (nSPS) is 10.4. The molecule has 0 radical (unpaired) electrons. The minimum Gasteiger partial charge on any atom is -0.487 e. The van der Waals surface area contributed by atoms with Crippen molar-refractivity contribution >= 4 is 17.3 Å². The van der Waals surface area contributed by atoms with Crippen LogP contribution >= 0.6 is 0 Å². The summed E-state index contributed by atoms with van der Waals surface area (Å²) in [6.45, 7) is -0.971. The van der Waals surface area contributed by atoms with Crippen LogP contribution in [0.1, 0.15) is 16.1 Å². The average Bonchev–Trinajstić information content (AvgIpc) is 2.95. The zero-order valence-electron chi connectivity index (χ0n) is 13.3. The van der Waals surface area contributed by atoms with Gasteiger partial charge in [-0.2, -0.15) is 5.26 Å². The van der Waals surface area contributed by atoms with E-state index in [4.69, 9.17) is 15.7 Å². The van der Waals surface area contributed by atoms with E-state index in [2.05, 4.69) is 4.74 Å². The number of nitro benzene ring substituents is 1. The van der Waals surface area contributed by atoms with Crippen molar-refractivity contribution in [2.45, 2.75) is 6.43 Å². The summed E-state index contributed by atoms with van der Waals surface area (Å²) in [5.74, 6) is -1.10. The highest BCUT2D eigenvalue weighted by Crippen LogP contribution is 2.30. The number of rotatable bonds is 6. The third-order valence-corrected chi connectivity index (χ3v) is 3.28. The van der Waals surface area contributed by atoms with Crippen molar-refractivity contribution in [3.8, 4) is 17.5 Å². The van der Waals surface area contributed by atoms with Crippen LogP contribution in [0.2, 0.25) is 0 Å². The van der Waals surface area contributed by atoms with Gasteiger partial charge in [0, 0.05) is 18.3 Å². The van der Waals surface area contributed by atoms with Crippen LogP contribution in [-0.2, 0) is 4.74 Å². The molecule has 1 aromatic heterocycles. The number of nitro groups is 1. The molecule has 2 aromatic rings. The highest BCUT2D eigenvalue weighted by atomic mass is 19.3. The van der Waals surface area contributed by atoms with Crippen molar-refractivity contribution in [2.75, 3.05) is 19.5 Å². The second-order valence-corrected chi connectivity index (χ2v) is 4.92. The lowest BCUT2D eigenvalue weighted by atomic mass is 10.2. The molecule has 2 N–H and O–H groups in total. The molecule has 0 aliphatic heterocycles. The van der Waals surface area contributed by atoms with Crippen LogP contribution in [0.15, 0.2) is 24.4 Å². The molecule has 0 spiro atoms. The number of halogens is 2. The van der Waals surface area contributed by atoms with Crippen molar-refractivity contribution in [1.82, 2.24) is 4.57 Å². The number of nitriles is 1. The number of nitrogen functional groups attached to an aromatic ring is 1. The van der Waals surface area contributed by atoms with Crippen LogP contribution in [0.3, 0.4) is 0 Å². The van der Waals surface area contributed by atoms with Crippen LogP contribution in [-0.4, -0.2) is 35.6 Å². The number of carbonyl (C=O) groups excluding carboxylic acids is 1. The van der Waals surface area contributed by atoms with Crippen molar-refractivity contribution in [2.24, 2.45) is 0 Å². The summed E-state index contributed by atoms with van der Waals surface area (Å²) in [5, 5.41) is 20.2. The molecule has 0 unspecified atom stereocenters. The van der Waals surface area contributed by atoms with E-state index in [1.807, 2.05) is 0 Å². The largest absolute Gasteiger partial charge is 0.487 e. The molecular formula is C15H12F2N4O5. The Balaban J connectivity index is 2.65. The first-order chi connectivity index (χ1) is 12.3. The fraction of sp³-hybridized carbons (Fsp3) is 0.200. The molecule has 0 aliphatic rings. The molecule has 136 valence electrons. The number of nitrogens with two attached hydrogens (primary N) is 1. The molecular weight excluding hydrogens is 354 g/mol. The number of nitrogens with zero attached hydrogens (tertiary/aromatic N) is 3. The van der Waals surface area contributed by atoms with Gasteiger partial charge in [-0.3, -0.25) is 10.1 Å². The third kappa shape index (κ3) is 3.69. The van der Waals surface area contributed by atoms with Crippen molar-refractivity contribution in [3.05, 3.63) is 45.8 Å². The number of hydrogen-bond donors (Lipinski definition) is 1. The average molecular weight is 366 g/mol. The fourth-order valence-corrected chi connectivity index (χ4v) is 2.17. The quantitative estimate of drug-likeness (QED) is 0.471. The molecule has 0 fully saturated rings. The maximum atomic E-state index is 12.3. The van der Waals surface area contributed by atoms with Gasteiger partial charge in [0.05, 0.1) is 35.0 Å². The van der Waals surface area contributed by atoms with Gasteiger partial charge in [-0.25, -0.2) is 13.6 Å². The number of aromatic nitrogens is 1. The highest BCUT2D eigenvalue weighted by molar-refractivity contribution is 5.96. The zero-order chi connectivity index (χ0) is 19.4. The summed E-state index contributed by atoms with van der Waals surface area (Å²) >= 11 is 0. The van der Waals surface area contributed by atoms with Crippen molar-refractivity contribution in [1.29, 1.82) is 5.26 Å². The van der Waals surface area contributed by atoms with E-state index in [0.29, 0.717) is 0 Å². The molecule has 26 heavy (non-hydrogen) atoms. The number of benzene rings is 1. The zero-order valence-corrected chi connectivity index (χ0v) is 13.3. The maximum absolute atomic E-state index is 12.3. The van der Waals surface area contributed by atoms with Gasteiger partial charge in [-0.15, -0.1) is 0 Å². The number of hydrogen-bond acceptors (Lipinski definition) is 7. The summed E-state index contributed by atoms with van der Waals surface area (Å²) in [6, 6.07) is 5.01. The number of ether oxygens (including phenoxy) is 2. The lowest BCUT2D eigenvalue weighted by Crippen LogP contribution is -2.12. The van der Waals surface area contributed by atoms with E-state index in [0.717, 1.165) is 23.8 Å². The van der Waals surface area contributed by atoms with Gasteiger partial charge in [0.15, 0.2) is 5.69 Å². The van der Waals surface area contributed by atoms with Crippen LogP contribution in [0, 0.1) is 21.4 Å². The van der Waals surface area contributed by atoms with E-state index in [9.17, 15) is 23.7 Å². The molecule has 0 aliphatic carbocycles. The minimum absolute atomic E-state index is 0.0112. The Morgan fingerprint density at radius 1 is 1.46 bits per heavy atom. The van der Waals surface area contributed by atoms with Crippen LogP contribution in [0.25, 0.3) is 5.69 Å². The molecule has 0 saturated carbocycles. The molecule has 0 bridgehead atoms. The standard InChI is InChI=1S/C15H12F2N4O5/c1-25-15(22)14-13(19)8(5-18)6-20(14)9-2-10(21(23)24)4-11(3-9)26-7-12(16)17/h2-4,6,12H,7,19H2,1H3. The number of esters is 1. The predicted octanol–water partition coefficient (Wildman–Crippen LogP) is 2.27. The number of carbonyl (C=O) groups is 1. The van der Waals surface area contributed by atoms with E-state index >= 15 is 0 Å². The Hall–Kier alpha value is -3.68. The first kappa shape index (κ1) is 18.7. The van der Waals surface area contributed by atoms with Crippen molar-refractivity contribution in [3.63, 3.8) is 0 Å². The number of methoxy groups -OCH3 is 1. The van der Waals surface area contributed by atoms with Gasteiger partial charge in [-0.05, 0) is 0 Å². The summed E-state index contributed by atoms with van der Waals surface area (Å²) in [6.07, 6.45) is -1.60. The first-order valence-corrected chi connectivity index (χ1v) is 6.98. The molecule has 11 heteroatoms. The summed E-state index contributed by atoms with van der Waals surface area (Å²) in [5.41, 5.74) is 4.83. The van der Waals surface area contributed by atoms with E-state index in [-0.39, 0.29) is 28.4 Å². The molecule has 0 amide bonds. The van der Waals surface area contributed by atoms with E-state index in [1.165, 1.54) is 12.3 Å². The van der Waals surface area contributed by atoms with Crippen LogP contribution in [0.5, 0.6) is 5.75 Å². The molecule has 9 nitrogen and oxygen atoms in total. The third-order valence-electron chi connectivity index (χ3n) is 3.28. The lowest BCUT2D eigenvalue weighted by Gasteiger charge is -2.11. The van der Waals surface area contributed by atoms with Gasteiger partial charge in [0.25, 0.3) is 12.1 Å². The van der Waals surface area contributed by atoms with Crippen LogP contribution in [0.4, 0.5) is 20.2 Å². The Morgan fingerprint density at radius 3 is 2.69 bits per heavy atom. The Morgan fingerprint density at radius 2 is 2.15 bits per heavy atom.